The summed E-state index contributed by atoms with van der Waals surface area (Å²) in [4.78, 5) is 30.8. The Morgan fingerprint density at radius 1 is 1.10 bits per heavy atom. The number of amides is 2. The molecule has 2 aromatic carbocycles. The summed E-state index contributed by atoms with van der Waals surface area (Å²) in [6.45, 7) is -0.0196. The number of fused-ring (bicyclic) bond motifs is 1. The second-order valence-electron chi connectivity index (χ2n) is 6.71. The van der Waals surface area contributed by atoms with E-state index in [-0.39, 0.29) is 18.1 Å². The number of anilines is 1. The van der Waals surface area contributed by atoms with Gasteiger partial charge < -0.3 is 4.52 Å². The van der Waals surface area contributed by atoms with Crippen LogP contribution in [0.3, 0.4) is 0 Å². The highest BCUT2D eigenvalue weighted by Gasteiger charge is 2.55. The van der Waals surface area contributed by atoms with Gasteiger partial charge in [0.2, 0.25) is 11.7 Å². The molecular weight excluding hydrogens is 415 g/mol. The van der Waals surface area contributed by atoms with Crippen molar-refractivity contribution in [1.82, 2.24) is 15.1 Å². The smallest absolute Gasteiger partial charge is 0.263 e. The number of imide groups is 1. The molecule has 0 radical (unpaired) electrons. The Morgan fingerprint density at radius 2 is 1.93 bits per heavy atom. The van der Waals surface area contributed by atoms with Gasteiger partial charge in [0.1, 0.15) is 12.4 Å². The van der Waals surface area contributed by atoms with E-state index in [1.54, 1.807) is 24.3 Å². The largest absolute Gasteiger partial charge is 0.337 e. The van der Waals surface area contributed by atoms with Gasteiger partial charge in [-0.2, -0.15) is 10.1 Å². The third kappa shape index (κ3) is 3.01. The van der Waals surface area contributed by atoms with Gasteiger partial charge in [-0.05, 0) is 30.3 Å². The van der Waals surface area contributed by atoms with Crippen molar-refractivity contribution in [3.63, 3.8) is 0 Å². The zero-order valence-electron chi connectivity index (χ0n) is 15.1. The standard InChI is InChI=1S/C19H12ClFN6O3/c20-11-4-1-3-10(7-11)17-22-14(30-24-17)9-26-16-15(23-25-26)18(28)27(19(16)29)13-6-2-5-12(21)8-13/h1-8,15-16H,9H2. The predicted octanol–water partition coefficient (Wildman–Crippen LogP) is 3.02. The van der Waals surface area contributed by atoms with Gasteiger partial charge in [0.25, 0.3) is 11.8 Å². The second kappa shape index (κ2) is 6.99. The van der Waals surface area contributed by atoms with Crippen LogP contribution in [0.15, 0.2) is 63.4 Å². The molecule has 1 aromatic heterocycles. The Bertz CT molecular complexity index is 1200. The van der Waals surface area contributed by atoms with Crippen LogP contribution in [0.1, 0.15) is 5.89 Å². The molecule has 150 valence electrons. The van der Waals surface area contributed by atoms with E-state index in [9.17, 15) is 14.0 Å². The number of halogens is 2. The summed E-state index contributed by atoms with van der Waals surface area (Å²) in [5.41, 5.74) is 0.818. The van der Waals surface area contributed by atoms with Crippen LogP contribution in [0.25, 0.3) is 11.4 Å². The van der Waals surface area contributed by atoms with Crippen molar-refractivity contribution < 1.29 is 18.5 Å². The van der Waals surface area contributed by atoms with Gasteiger partial charge in [-0.25, -0.2) is 9.29 Å². The monoisotopic (exact) mass is 426 g/mol. The fourth-order valence-corrected chi connectivity index (χ4v) is 3.62. The third-order valence-electron chi connectivity index (χ3n) is 4.77. The lowest BCUT2D eigenvalue weighted by atomic mass is 10.1. The average molecular weight is 427 g/mol. The Kier molecular flexibility index (Phi) is 4.28. The van der Waals surface area contributed by atoms with Crippen LogP contribution in [-0.2, 0) is 16.1 Å². The molecule has 5 rings (SSSR count). The minimum atomic E-state index is -1.00. The summed E-state index contributed by atoms with van der Waals surface area (Å²) in [6.07, 6.45) is 0. The van der Waals surface area contributed by atoms with Crippen LogP contribution >= 0.6 is 11.6 Å². The summed E-state index contributed by atoms with van der Waals surface area (Å²) in [6, 6.07) is 10.3. The number of aromatic nitrogens is 2. The molecule has 3 heterocycles. The first-order valence-electron chi connectivity index (χ1n) is 8.90. The van der Waals surface area contributed by atoms with Crippen molar-refractivity contribution in [2.45, 2.75) is 18.6 Å². The van der Waals surface area contributed by atoms with Crippen LogP contribution in [0, 0.1) is 5.82 Å². The lowest BCUT2D eigenvalue weighted by Crippen LogP contribution is -2.39. The van der Waals surface area contributed by atoms with Crippen molar-refractivity contribution in [2.75, 3.05) is 4.90 Å². The molecule has 1 fully saturated rings. The van der Waals surface area contributed by atoms with E-state index in [0.717, 1.165) is 11.0 Å². The zero-order valence-corrected chi connectivity index (χ0v) is 15.9. The number of nitrogens with zero attached hydrogens (tertiary/aromatic N) is 6. The number of carbonyl (C=O) groups is 2. The molecule has 3 aromatic rings. The first kappa shape index (κ1) is 18.4. The van der Waals surface area contributed by atoms with E-state index in [1.807, 2.05) is 0 Å². The topological polar surface area (TPSA) is 104 Å². The van der Waals surface area contributed by atoms with Gasteiger partial charge in [0.05, 0.1) is 5.69 Å². The fourth-order valence-electron chi connectivity index (χ4n) is 3.43. The summed E-state index contributed by atoms with van der Waals surface area (Å²) >= 11 is 5.98. The molecule has 11 heteroatoms. The zero-order chi connectivity index (χ0) is 20.8. The van der Waals surface area contributed by atoms with Gasteiger partial charge in [-0.15, -0.1) is 0 Å². The molecule has 0 bridgehead atoms. The first-order chi connectivity index (χ1) is 14.5. The second-order valence-corrected chi connectivity index (χ2v) is 7.14. The van der Waals surface area contributed by atoms with E-state index in [2.05, 4.69) is 20.5 Å². The minimum Gasteiger partial charge on any atom is -0.337 e. The number of rotatable bonds is 4. The Hall–Kier alpha value is -3.66. The highest BCUT2D eigenvalue weighted by atomic mass is 35.5. The maximum absolute atomic E-state index is 13.6. The SMILES string of the molecule is O=C1C2N=NN(Cc3nc(-c4cccc(Cl)c4)no3)C2C(=O)N1c1cccc(F)c1. The number of carbonyl (C=O) groups excluding carboxylic acids is 2. The summed E-state index contributed by atoms with van der Waals surface area (Å²) in [7, 11) is 0. The molecule has 0 saturated carbocycles. The Morgan fingerprint density at radius 3 is 2.73 bits per heavy atom. The van der Waals surface area contributed by atoms with Crippen molar-refractivity contribution >= 4 is 29.1 Å². The molecule has 30 heavy (non-hydrogen) atoms. The molecule has 0 spiro atoms. The van der Waals surface area contributed by atoms with Crippen LogP contribution in [-0.4, -0.2) is 39.0 Å². The molecule has 1 saturated heterocycles. The van der Waals surface area contributed by atoms with Crippen LogP contribution < -0.4 is 4.90 Å². The molecular formula is C19H12ClFN6O3. The molecule has 2 amide bonds. The van der Waals surface area contributed by atoms with E-state index < -0.39 is 29.7 Å². The Balaban J connectivity index is 1.37. The highest BCUT2D eigenvalue weighted by molar-refractivity contribution is 6.30. The number of hydrogen-bond donors (Lipinski definition) is 0. The van der Waals surface area contributed by atoms with E-state index in [4.69, 9.17) is 16.1 Å². The summed E-state index contributed by atoms with van der Waals surface area (Å²) in [5, 5.41) is 13.6. The van der Waals surface area contributed by atoms with E-state index >= 15 is 0 Å². The lowest BCUT2D eigenvalue weighted by Gasteiger charge is -2.19. The summed E-state index contributed by atoms with van der Waals surface area (Å²) in [5.74, 6) is -1.14. The third-order valence-corrected chi connectivity index (χ3v) is 5.01. The van der Waals surface area contributed by atoms with Crippen molar-refractivity contribution in [2.24, 2.45) is 10.3 Å². The van der Waals surface area contributed by atoms with Crippen LogP contribution in [0.5, 0.6) is 0 Å². The van der Waals surface area contributed by atoms with Crippen molar-refractivity contribution in [1.29, 1.82) is 0 Å². The summed E-state index contributed by atoms with van der Waals surface area (Å²) < 4.78 is 18.8. The van der Waals surface area contributed by atoms with Crippen LogP contribution in [0.4, 0.5) is 10.1 Å². The molecule has 2 unspecified atom stereocenters. The lowest BCUT2D eigenvalue weighted by molar-refractivity contribution is -0.123. The van der Waals surface area contributed by atoms with Gasteiger partial charge in [0.15, 0.2) is 12.1 Å². The maximum atomic E-state index is 13.6. The molecule has 2 aliphatic heterocycles. The fraction of sp³-hybridized carbons (Fsp3) is 0.158. The van der Waals surface area contributed by atoms with Gasteiger partial charge in [-0.3, -0.25) is 14.6 Å². The molecule has 9 nitrogen and oxygen atoms in total. The molecule has 2 atom stereocenters. The maximum Gasteiger partial charge on any atom is 0.263 e. The van der Waals surface area contributed by atoms with E-state index in [0.29, 0.717) is 16.4 Å². The predicted molar refractivity (Wildman–Crippen MR) is 102 cm³/mol. The van der Waals surface area contributed by atoms with Crippen molar-refractivity contribution in [3.05, 3.63) is 65.3 Å². The van der Waals surface area contributed by atoms with Gasteiger partial charge in [-0.1, -0.05) is 40.2 Å². The number of hydrogen-bond acceptors (Lipinski definition) is 8. The van der Waals surface area contributed by atoms with Crippen LogP contribution in [0.2, 0.25) is 5.02 Å². The highest BCUT2D eigenvalue weighted by Crippen LogP contribution is 2.33. The molecule has 2 aliphatic rings. The van der Waals surface area contributed by atoms with Crippen molar-refractivity contribution in [3.8, 4) is 11.4 Å². The average Bonchev–Trinajstić information content (AvgIpc) is 3.41. The quantitative estimate of drug-likeness (QED) is 0.594. The Labute approximate surface area is 173 Å². The molecule has 0 aliphatic carbocycles. The van der Waals surface area contributed by atoms with Gasteiger partial charge >= 0.3 is 0 Å². The first-order valence-corrected chi connectivity index (χ1v) is 9.28. The van der Waals surface area contributed by atoms with Gasteiger partial charge in [0, 0.05) is 10.6 Å². The minimum absolute atomic E-state index is 0.0196. The number of benzene rings is 2. The van der Waals surface area contributed by atoms with E-state index in [1.165, 1.54) is 23.2 Å². The normalized spacial score (nSPS) is 20.3. The molecule has 0 N–H and O–H groups in total.